The lowest BCUT2D eigenvalue weighted by atomic mass is 10.0. The number of carbonyl (C=O) groups is 1. The summed E-state index contributed by atoms with van der Waals surface area (Å²) >= 11 is 0. The van der Waals surface area contributed by atoms with Crippen LogP contribution in [0.15, 0.2) is 52.2 Å². The van der Waals surface area contributed by atoms with Crippen LogP contribution in [0.25, 0.3) is 11.0 Å². The van der Waals surface area contributed by atoms with Crippen LogP contribution < -0.4 is 10.4 Å². The van der Waals surface area contributed by atoms with Gasteiger partial charge in [-0.3, -0.25) is 9.36 Å². The Labute approximate surface area is 186 Å². The topological polar surface area (TPSA) is 104 Å². The molecule has 2 N–H and O–H groups in total. The van der Waals surface area contributed by atoms with Crippen molar-refractivity contribution in [1.29, 1.82) is 0 Å². The molecule has 2 aromatic carbocycles. The second kappa shape index (κ2) is 7.90. The lowest BCUT2D eigenvalue weighted by molar-refractivity contribution is 0.0694. The van der Waals surface area contributed by atoms with Crippen LogP contribution in [0.3, 0.4) is 0 Å². The molecule has 9 heteroatoms. The molecule has 2 heterocycles. The Kier molecular flexibility index (Phi) is 5.17. The van der Waals surface area contributed by atoms with Gasteiger partial charge in [0, 0.05) is 30.7 Å². The van der Waals surface area contributed by atoms with Crippen molar-refractivity contribution in [2.75, 3.05) is 13.1 Å². The summed E-state index contributed by atoms with van der Waals surface area (Å²) in [4.78, 5) is 30.5. The first-order chi connectivity index (χ1) is 15.3. The molecule has 0 spiro atoms. The average Bonchev–Trinajstić information content (AvgIpc) is 3.51. The third kappa shape index (κ3) is 3.86. The van der Waals surface area contributed by atoms with Gasteiger partial charge in [-0.15, -0.1) is 0 Å². The van der Waals surface area contributed by atoms with Crippen molar-refractivity contribution in [2.24, 2.45) is 0 Å². The number of imidazole rings is 1. The predicted octanol–water partition coefficient (Wildman–Crippen LogP) is 2.56. The number of aromatic amines is 1. The molecular formula is C23H26N4O4S. The van der Waals surface area contributed by atoms with Crippen LogP contribution in [0.4, 0.5) is 0 Å². The number of hydrogen-bond donors (Lipinski definition) is 2. The van der Waals surface area contributed by atoms with Crippen LogP contribution in [0.2, 0.25) is 0 Å². The lowest BCUT2D eigenvalue weighted by Crippen LogP contribution is -2.40. The second-order valence-electron chi connectivity index (χ2n) is 8.71. The summed E-state index contributed by atoms with van der Waals surface area (Å²) in [5.41, 5.74) is 2.71. The zero-order valence-corrected chi connectivity index (χ0v) is 18.7. The summed E-state index contributed by atoms with van der Waals surface area (Å²) in [5, 5.41) is 0. The number of para-hydroxylation sites is 2. The number of hydrogen-bond acceptors (Lipinski definition) is 4. The van der Waals surface area contributed by atoms with Gasteiger partial charge in [-0.1, -0.05) is 18.2 Å². The van der Waals surface area contributed by atoms with E-state index in [2.05, 4.69) is 9.71 Å². The van der Waals surface area contributed by atoms with Crippen molar-refractivity contribution in [3.63, 3.8) is 0 Å². The van der Waals surface area contributed by atoms with E-state index < -0.39 is 10.0 Å². The largest absolute Gasteiger partial charge is 0.338 e. The maximum atomic E-state index is 13.2. The molecule has 1 amide bonds. The number of H-pyrrole nitrogens is 1. The molecule has 0 atom stereocenters. The van der Waals surface area contributed by atoms with Crippen LogP contribution >= 0.6 is 0 Å². The highest BCUT2D eigenvalue weighted by Gasteiger charge is 2.30. The molecule has 2 fully saturated rings. The molecule has 2 aliphatic rings. The van der Waals surface area contributed by atoms with E-state index in [9.17, 15) is 18.0 Å². The SMILES string of the molecule is Cc1ccc(S(=O)(=O)NC2CC2)cc1C(=O)N1CCC(n2c(=O)[nH]c3ccccc32)CC1. The summed E-state index contributed by atoms with van der Waals surface area (Å²) in [7, 11) is -3.63. The minimum Gasteiger partial charge on any atom is -0.338 e. The molecule has 1 aliphatic carbocycles. The van der Waals surface area contributed by atoms with Crippen LogP contribution in [-0.2, 0) is 10.0 Å². The number of aryl methyl sites for hydroxylation is 1. The Morgan fingerprint density at radius 3 is 2.50 bits per heavy atom. The number of carbonyl (C=O) groups excluding carboxylic acids is 1. The fraction of sp³-hybridized carbons (Fsp3) is 0.391. The number of sulfonamides is 1. The molecule has 0 bridgehead atoms. The first kappa shape index (κ1) is 21.0. The Balaban J connectivity index is 1.34. The number of aromatic nitrogens is 2. The van der Waals surface area contributed by atoms with Gasteiger partial charge in [-0.05, 0) is 62.4 Å². The summed E-state index contributed by atoms with van der Waals surface area (Å²) in [6, 6.07) is 12.3. The number of nitrogens with zero attached hydrogens (tertiary/aromatic N) is 2. The smallest absolute Gasteiger partial charge is 0.326 e. The molecule has 32 heavy (non-hydrogen) atoms. The zero-order chi connectivity index (χ0) is 22.5. The van der Waals surface area contributed by atoms with Gasteiger partial charge >= 0.3 is 5.69 Å². The molecule has 168 valence electrons. The quantitative estimate of drug-likeness (QED) is 0.618. The van der Waals surface area contributed by atoms with Crippen molar-refractivity contribution in [3.8, 4) is 0 Å². The molecule has 3 aromatic rings. The normalized spacial score (nSPS) is 17.7. The van der Waals surface area contributed by atoms with Crippen LogP contribution in [0.5, 0.6) is 0 Å². The lowest BCUT2D eigenvalue weighted by Gasteiger charge is -2.33. The van der Waals surface area contributed by atoms with Crippen molar-refractivity contribution < 1.29 is 13.2 Å². The van der Waals surface area contributed by atoms with Gasteiger partial charge < -0.3 is 9.88 Å². The van der Waals surface area contributed by atoms with Crippen LogP contribution in [-0.4, -0.2) is 47.9 Å². The van der Waals surface area contributed by atoms with Gasteiger partial charge in [0.15, 0.2) is 0 Å². The zero-order valence-electron chi connectivity index (χ0n) is 17.9. The summed E-state index contributed by atoms with van der Waals surface area (Å²) in [6.07, 6.45) is 3.03. The van der Waals surface area contributed by atoms with E-state index in [1.807, 2.05) is 31.2 Å². The number of nitrogens with one attached hydrogen (secondary N) is 2. The number of benzene rings is 2. The van der Waals surface area contributed by atoms with Gasteiger partial charge in [0.25, 0.3) is 5.91 Å². The van der Waals surface area contributed by atoms with Gasteiger partial charge in [-0.2, -0.15) is 0 Å². The number of piperidine rings is 1. The maximum absolute atomic E-state index is 13.2. The van der Waals surface area contributed by atoms with E-state index in [-0.39, 0.29) is 28.6 Å². The summed E-state index contributed by atoms with van der Waals surface area (Å²) < 4.78 is 29.6. The van der Waals surface area contributed by atoms with Crippen molar-refractivity contribution in [1.82, 2.24) is 19.2 Å². The molecule has 1 aliphatic heterocycles. The fourth-order valence-electron chi connectivity index (χ4n) is 4.42. The van der Waals surface area contributed by atoms with E-state index in [0.29, 0.717) is 31.5 Å². The standard InChI is InChI=1S/C23H26N4O4S/c1-15-6-9-18(32(30,31)25-16-7-8-16)14-19(15)22(28)26-12-10-17(11-13-26)27-21-5-3-2-4-20(21)24-23(27)29/h2-6,9,14,16-17,25H,7-8,10-13H2,1H3,(H,24,29). The third-order valence-corrected chi connectivity index (χ3v) is 7.91. The highest BCUT2D eigenvalue weighted by Crippen LogP contribution is 2.27. The molecule has 1 saturated carbocycles. The van der Waals surface area contributed by atoms with Gasteiger partial charge in [-0.25, -0.2) is 17.9 Å². The second-order valence-corrected chi connectivity index (χ2v) is 10.4. The molecule has 1 aromatic heterocycles. The van der Waals surface area contributed by atoms with Crippen molar-refractivity contribution in [3.05, 3.63) is 64.1 Å². The Morgan fingerprint density at radius 2 is 1.78 bits per heavy atom. The van der Waals surface area contributed by atoms with E-state index in [0.717, 1.165) is 29.4 Å². The average molecular weight is 455 g/mol. The summed E-state index contributed by atoms with van der Waals surface area (Å²) in [5.74, 6) is -0.171. The number of rotatable bonds is 5. The van der Waals surface area contributed by atoms with Gasteiger partial charge in [0.05, 0.1) is 15.9 Å². The number of amides is 1. The van der Waals surface area contributed by atoms with Crippen LogP contribution in [0, 0.1) is 6.92 Å². The van der Waals surface area contributed by atoms with Crippen LogP contribution in [0.1, 0.15) is 47.6 Å². The van der Waals surface area contributed by atoms with E-state index in [1.165, 1.54) is 6.07 Å². The molecule has 8 nitrogen and oxygen atoms in total. The highest BCUT2D eigenvalue weighted by atomic mass is 32.2. The number of fused-ring (bicyclic) bond motifs is 1. The minimum absolute atomic E-state index is 0.00685. The Hall–Kier alpha value is -2.91. The monoisotopic (exact) mass is 454 g/mol. The third-order valence-electron chi connectivity index (χ3n) is 6.39. The van der Waals surface area contributed by atoms with Gasteiger partial charge in [0.1, 0.15) is 0 Å². The molecule has 0 radical (unpaired) electrons. The predicted molar refractivity (Wildman–Crippen MR) is 121 cm³/mol. The maximum Gasteiger partial charge on any atom is 0.326 e. The Morgan fingerprint density at radius 1 is 1.06 bits per heavy atom. The van der Waals surface area contributed by atoms with Crippen molar-refractivity contribution in [2.45, 2.75) is 49.6 Å². The molecule has 0 unspecified atom stereocenters. The van der Waals surface area contributed by atoms with E-state index in [1.54, 1.807) is 21.6 Å². The van der Waals surface area contributed by atoms with E-state index >= 15 is 0 Å². The Bertz CT molecular complexity index is 1350. The minimum atomic E-state index is -3.63. The summed E-state index contributed by atoms with van der Waals surface area (Å²) in [6.45, 7) is 2.83. The fourth-order valence-corrected chi connectivity index (χ4v) is 5.75. The van der Waals surface area contributed by atoms with E-state index in [4.69, 9.17) is 0 Å². The van der Waals surface area contributed by atoms with Crippen molar-refractivity contribution >= 4 is 27.0 Å². The van der Waals surface area contributed by atoms with Gasteiger partial charge in [0.2, 0.25) is 10.0 Å². The molecular weight excluding hydrogens is 428 g/mol. The first-order valence-corrected chi connectivity index (χ1v) is 12.4. The highest BCUT2D eigenvalue weighted by molar-refractivity contribution is 7.89. The molecule has 5 rings (SSSR count). The molecule has 1 saturated heterocycles. The number of likely N-dealkylation sites (tertiary alicyclic amines) is 1. The first-order valence-electron chi connectivity index (χ1n) is 10.9.